The predicted octanol–water partition coefficient (Wildman–Crippen LogP) is 7.31. The van der Waals surface area contributed by atoms with E-state index in [0.717, 1.165) is 16.2 Å². The Labute approximate surface area is 214 Å². The molecule has 0 aliphatic heterocycles. The van der Waals surface area contributed by atoms with Gasteiger partial charge in [-0.25, -0.2) is 0 Å². The summed E-state index contributed by atoms with van der Waals surface area (Å²) in [7, 11) is -4.38. The lowest BCUT2D eigenvalue weighted by molar-refractivity contribution is 0.0989. The van der Waals surface area contributed by atoms with Gasteiger partial charge in [0.15, 0.2) is 0 Å². The maximum Gasteiger partial charge on any atom is 0.705 e. The first-order chi connectivity index (χ1) is 16.9. The van der Waals surface area contributed by atoms with Gasteiger partial charge in [-0.05, 0) is 54.6 Å². The second-order valence-corrected chi connectivity index (χ2v) is 10.4. The van der Waals surface area contributed by atoms with Gasteiger partial charge in [0.25, 0.3) is 0 Å². The van der Waals surface area contributed by atoms with Crippen LogP contribution in [0.15, 0.2) is 91.4 Å². The number of nitrogens with zero attached hydrogens (tertiary/aromatic N) is 3. The molecule has 3 aromatic carbocycles. The highest BCUT2D eigenvalue weighted by Crippen LogP contribution is 2.42. The van der Waals surface area contributed by atoms with E-state index >= 15 is 0 Å². The average Bonchev–Trinajstić information content (AvgIpc) is 3.52. The van der Waals surface area contributed by atoms with Gasteiger partial charge in [-0.3, -0.25) is 13.9 Å². The smallest absolute Gasteiger partial charge is 0.290 e. The van der Waals surface area contributed by atoms with Gasteiger partial charge in [0.1, 0.15) is 0 Å². The fourth-order valence-corrected chi connectivity index (χ4v) is 5.47. The Morgan fingerprint density at radius 1 is 0.514 bits per heavy atom. The van der Waals surface area contributed by atoms with Crippen LogP contribution >= 0.6 is 42.6 Å². The zero-order valence-electron chi connectivity index (χ0n) is 17.7. The van der Waals surface area contributed by atoms with Crippen molar-refractivity contribution in [1.82, 2.24) is 14.2 Å². The number of rotatable bonds is 6. The van der Waals surface area contributed by atoms with Crippen LogP contribution in [0.2, 0.25) is 15.1 Å². The molecule has 3 heterocycles. The molecule has 0 spiro atoms. The Hall–Kier alpha value is -3.22. The Kier molecular flexibility index (Phi) is 5.38. The van der Waals surface area contributed by atoms with E-state index in [1.807, 2.05) is 18.2 Å². The van der Waals surface area contributed by atoms with Crippen molar-refractivity contribution in [2.24, 2.45) is 0 Å². The highest BCUT2D eigenvalue weighted by molar-refractivity contribution is 7.49. The largest absolute Gasteiger partial charge is 0.705 e. The Bertz CT molecular complexity index is 1570. The van der Waals surface area contributed by atoms with Crippen molar-refractivity contribution in [1.29, 1.82) is 0 Å². The molecule has 0 unspecified atom stereocenters. The van der Waals surface area contributed by atoms with Gasteiger partial charge >= 0.3 is 7.82 Å². The summed E-state index contributed by atoms with van der Waals surface area (Å²) < 4.78 is 35.7. The van der Waals surface area contributed by atoms with Crippen molar-refractivity contribution >= 4 is 75.3 Å². The molecule has 0 bridgehead atoms. The van der Waals surface area contributed by atoms with Crippen molar-refractivity contribution in [2.75, 3.05) is 0 Å². The van der Waals surface area contributed by atoms with E-state index in [4.69, 9.17) is 48.7 Å². The van der Waals surface area contributed by atoms with Crippen LogP contribution in [0.25, 0.3) is 32.7 Å². The number of fused-ring (bicyclic) bond motifs is 3. The molecule has 0 fully saturated rings. The minimum Gasteiger partial charge on any atom is -0.290 e. The molecule has 0 aliphatic rings. The zero-order chi connectivity index (χ0) is 24.2. The molecule has 0 saturated carbocycles. The summed E-state index contributed by atoms with van der Waals surface area (Å²) in [6, 6.07) is 21.2. The van der Waals surface area contributed by atoms with E-state index < -0.39 is 7.82 Å². The second kappa shape index (κ2) is 8.47. The fourth-order valence-electron chi connectivity index (χ4n) is 3.81. The van der Waals surface area contributed by atoms with E-state index in [1.165, 1.54) is 14.2 Å². The summed E-state index contributed by atoms with van der Waals surface area (Å²) in [5, 5.41) is 3.98. The van der Waals surface area contributed by atoms with Crippen molar-refractivity contribution in [2.45, 2.75) is 0 Å². The van der Waals surface area contributed by atoms with Crippen LogP contribution in [0.4, 0.5) is 0 Å². The highest BCUT2D eigenvalue weighted by Gasteiger charge is 2.37. The number of aromatic nitrogens is 3. The van der Waals surface area contributed by atoms with Crippen LogP contribution in [0, 0.1) is 0 Å². The quantitative estimate of drug-likeness (QED) is 0.206. The first kappa shape index (κ1) is 22.3. The van der Waals surface area contributed by atoms with Crippen LogP contribution in [0.3, 0.4) is 0 Å². The van der Waals surface area contributed by atoms with Crippen LogP contribution in [0.5, 0.6) is 0 Å². The number of phosphoric acid groups is 1. The SMILES string of the molecule is O=P(On1ccc2ccc(Cl)cc21)(On1ccc2ccc(Cl)cc21)On1ccc2ccc(Cl)cc21. The second-order valence-electron chi connectivity index (χ2n) is 7.73. The molecule has 0 atom stereocenters. The Balaban J connectivity index is 1.45. The van der Waals surface area contributed by atoms with Gasteiger partial charge in [-0.15, -0.1) is 0 Å². The van der Waals surface area contributed by atoms with Crippen LogP contribution in [-0.2, 0) is 4.57 Å². The third-order valence-electron chi connectivity index (χ3n) is 5.42. The van der Waals surface area contributed by atoms with Gasteiger partial charge in [0.05, 0.1) is 16.6 Å². The number of halogens is 3. The maximum atomic E-state index is 14.2. The molecule has 3 aromatic heterocycles. The molecule has 0 radical (unpaired) electrons. The maximum absolute atomic E-state index is 14.2. The minimum atomic E-state index is -4.38. The van der Waals surface area contributed by atoms with Crippen molar-refractivity contribution in [3.05, 3.63) is 106 Å². The van der Waals surface area contributed by atoms with E-state index in [-0.39, 0.29) is 0 Å². The molecule has 0 aliphatic carbocycles. The van der Waals surface area contributed by atoms with Gasteiger partial charge in [-0.1, -0.05) is 53.0 Å². The molecule has 35 heavy (non-hydrogen) atoms. The molecule has 0 amide bonds. The van der Waals surface area contributed by atoms with E-state index in [1.54, 1.807) is 73.2 Å². The van der Waals surface area contributed by atoms with Gasteiger partial charge in [-0.2, -0.15) is 18.8 Å². The first-order valence-corrected chi connectivity index (χ1v) is 13.0. The van der Waals surface area contributed by atoms with Crippen LogP contribution in [0.1, 0.15) is 0 Å². The van der Waals surface area contributed by atoms with Gasteiger partial charge in [0.2, 0.25) is 0 Å². The minimum absolute atomic E-state index is 0.495. The fraction of sp³-hybridized carbons (Fsp3) is 0. The molecular weight excluding hydrogens is 532 g/mol. The molecule has 11 heteroatoms. The summed E-state index contributed by atoms with van der Waals surface area (Å²) in [6.07, 6.45) is 4.82. The lowest BCUT2D eigenvalue weighted by Crippen LogP contribution is -2.24. The molecular formula is C24H15Cl3N3O4P. The summed E-state index contributed by atoms with van der Waals surface area (Å²) in [6.45, 7) is 0. The summed E-state index contributed by atoms with van der Waals surface area (Å²) in [4.78, 5) is 0. The van der Waals surface area contributed by atoms with Crippen molar-refractivity contribution in [3.63, 3.8) is 0 Å². The van der Waals surface area contributed by atoms with Crippen LogP contribution < -0.4 is 13.9 Å². The Morgan fingerprint density at radius 3 is 1.14 bits per heavy atom. The number of benzene rings is 3. The predicted molar refractivity (Wildman–Crippen MR) is 138 cm³/mol. The molecule has 6 rings (SSSR count). The number of hydrogen-bond donors (Lipinski definition) is 0. The lowest BCUT2D eigenvalue weighted by Gasteiger charge is -2.20. The van der Waals surface area contributed by atoms with Gasteiger partial charge < -0.3 is 0 Å². The number of hydrogen-bond acceptors (Lipinski definition) is 4. The van der Waals surface area contributed by atoms with E-state index in [2.05, 4.69) is 0 Å². The molecule has 6 aromatic rings. The molecule has 176 valence electrons. The Morgan fingerprint density at radius 2 is 0.829 bits per heavy atom. The van der Waals surface area contributed by atoms with Gasteiger partial charge in [0, 0.05) is 49.8 Å². The van der Waals surface area contributed by atoms with E-state index in [0.29, 0.717) is 31.6 Å². The molecule has 0 N–H and O–H groups in total. The standard InChI is InChI=1S/C24H15Cl3N3O4P/c25-19-4-1-16-7-10-28(22(16)13-19)32-35(31,33-29-11-8-17-2-5-20(26)14-23(17)29)34-30-12-9-18-3-6-21(27)15-24(18)30/h1-15H. The van der Waals surface area contributed by atoms with Crippen molar-refractivity contribution < 1.29 is 18.4 Å². The van der Waals surface area contributed by atoms with Crippen molar-refractivity contribution in [3.8, 4) is 0 Å². The topological polar surface area (TPSA) is 59.6 Å². The highest BCUT2D eigenvalue weighted by atomic mass is 35.5. The summed E-state index contributed by atoms with van der Waals surface area (Å²) in [5.74, 6) is 0. The first-order valence-electron chi connectivity index (χ1n) is 10.4. The third kappa shape index (κ3) is 4.21. The normalized spacial score (nSPS) is 12.0. The molecule has 0 saturated heterocycles. The summed E-state index contributed by atoms with van der Waals surface area (Å²) >= 11 is 18.5. The average molecular weight is 547 g/mol. The zero-order valence-corrected chi connectivity index (χ0v) is 20.9. The summed E-state index contributed by atoms with van der Waals surface area (Å²) in [5.41, 5.74) is 1.77. The van der Waals surface area contributed by atoms with Crippen LogP contribution in [-0.4, -0.2) is 14.2 Å². The lowest BCUT2D eigenvalue weighted by atomic mass is 10.2. The monoisotopic (exact) mass is 545 g/mol. The van der Waals surface area contributed by atoms with E-state index in [9.17, 15) is 4.57 Å². The third-order valence-corrected chi connectivity index (χ3v) is 7.26. The molecule has 7 nitrogen and oxygen atoms in total.